The zero-order valence-electron chi connectivity index (χ0n) is 10.6. The topological polar surface area (TPSA) is 23.6 Å². The fraction of sp³-hybridized carbons (Fsp3) is 0.500. The molecule has 0 bridgehead atoms. The third-order valence-electron chi connectivity index (χ3n) is 3.83. The van der Waals surface area contributed by atoms with Crippen molar-refractivity contribution in [3.8, 4) is 0 Å². The molecule has 0 atom stereocenters. The van der Waals surface area contributed by atoms with E-state index in [1.54, 1.807) is 12.1 Å². The van der Waals surface area contributed by atoms with Gasteiger partial charge in [0.25, 0.3) is 5.91 Å². The van der Waals surface area contributed by atoms with Gasteiger partial charge in [0, 0.05) is 37.8 Å². The Hall–Kier alpha value is -0.940. The van der Waals surface area contributed by atoms with Crippen LogP contribution in [0.15, 0.2) is 22.7 Å². The number of amides is 1. The summed E-state index contributed by atoms with van der Waals surface area (Å²) in [6, 6.07) is 5.31. The summed E-state index contributed by atoms with van der Waals surface area (Å²) in [5, 5.41) is 0. The third-order valence-corrected chi connectivity index (χ3v) is 4.47. The summed E-state index contributed by atoms with van der Waals surface area (Å²) in [7, 11) is 0. The van der Waals surface area contributed by atoms with E-state index in [1.165, 1.54) is 18.9 Å². The van der Waals surface area contributed by atoms with E-state index in [4.69, 9.17) is 0 Å². The Kier molecular flexibility index (Phi) is 3.58. The monoisotopic (exact) mass is 326 g/mol. The molecule has 1 saturated heterocycles. The normalized spacial score (nSPS) is 20.6. The number of carbonyl (C=O) groups is 1. The number of nitrogens with zero attached hydrogens (tertiary/aromatic N) is 2. The highest BCUT2D eigenvalue weighted by Gasteiger charge is 2.32. The molecule has 19 heavy (non-hydrogen) atoms. The summed E-state index contributed by atoms with van der Waals surface area (Å²) < 4.78 is 13.8. The molecule has 2 aliphatic rings. The van der Waals surface area contributed by atoms with Gasteiger partial charge >= 0.3 is 0 Å². The van der Waals surface area contributed by atoms with Crippen molar-refractivity contribution in [1.82, 2.24) is 9.80 Å². The second kappa shape index (κ2) is 5.21. The van der Waals surface area contributed by atoms with Crippen LogP contribution in [-0.4, -0.2) is 47.9 Å². The Balaban J connectivity index is 1.65. The number of carbonyl (C=O) groups excluding carboxylic acids is 1. The van der Waals surface area contributed by atoms with E-state index < -0.39 is 0 Å². The number of piperazine rings is 1. The molecule has 1 aliphatic carbocycles. The predicted octanol–water partition coefficient (Wildman–Crippen LogP) is 2.51. The molecule has 5 heteroatoms. The molecular weight excluding hydrogens is 311 g/mol. The largest absolute Gasteiger partial charge is 0.336 e. The number of halogens is 2. The van der Waals surface area contributed by atoms with E-state index in [-0.39, 0.29) is 11.7 Å². The Labute approximate surface area is 120 Å². The van der Waals surface area contributed by atoms with Crippen LogP contribution in [0.3, 0.4) is 0 Å². The molecule has 102 valence electrons. The summed E-state index contributed by atoms with van der Waals surface area (Å²) in [5.41, 5.74) is 0.431. The van der Waals surface area contributed by atoms with Crippen LogP contribution in [0.5, 0.6) is 0 Å². The number of hydrogen-bond donors (Lipinski definition) is 0. The van der Waals surface area contributed by atoms with E-state index >= 15 is 0 Å². The molecule has 1 heterocycles. The lowest BCUT2D eigenvalue weighted by atomic mass is 10.1. The van der Waals surface area contributed by atoms with E-state index in [9.17, 15) is 9.18 Å². The zero-order valence-corrected chi connectivity index (χ0v) is 12.2. The molecule has 0 unspecified atom stereocenters. The maximum Gasteiger partial charge on any atom is 0.254 e. The van der Waals surface area contributed by atoms with Gasteiger partial charge in [-0.05, 0) is 47.0 Å². The lowest BCUT2D eigenvalue weighted by Gasteiger charge is -2.34. The van der Waals surface area contributed by atoms with Gasteiger partial charge in [-0.25, -0.2) is 4.39 Å². The summed E-state index contributed by atoms with van der Waals surface area (Å²) in [6.07, 6.45) is 2.59. The Morgan fingerprint density at radius 3 is 2.47 bits per heavy atom. The van der Waals surface area contributed by atoms with Gasteiger partial charge in [0.15, 0.2) is 0 Å². The van der Waals surface area contributed by atoms with Crippen molar-refractivity contribution >= 4 is 21.8 Å². The van der Waals surface area contributed by atoms with Gasteiger partial charge in [-0.2, -0.15) is 0 Å². The zero-order chi connectivity index (χ0) is 13.4. The number of rotatable bonds is 2. The van der Waals surface area contributed by atoms with Crippen LogP contribution in [-0.2, 0) is 0 Å². The van der Waals surface area contributed by atoms with Crippen molar-refractivity contribution in [2.24, 2.45) is 0 Å². The molecule has 0 radical (unpaired) electrons. The molecule has 1 saturated carbocycles. The molecule has 1 aliphatic heterocycles. The minimum atomic E-state index is -0.387. The van der Waals surface area contributed by atoms with Gasteiger partial charge in [-0.3, -0.25) is 9.69 Å². The summed E-state index contributed by atoms with van der Waals surface area (Å²) in [5.74, 6) is -0.454. The number of hydrogen-bond acceptors (Lipinski definition) is 2. The second-order valence-electron chi connectivity index (χ2n) is 5.19. The van der Waals surface area contributed by atoms with Gasteiger partial charge in [0.2, 0.25) is 0 Å². The first-order valence-corrected chi connectivity index (χ1v) is 7.43. The lowest BCUT2D eigenvalue weighted by Crippen LogP contribution is -2.49. The van der Waals surface area contributed by atoms with E-state index in [0.717, 1.165) is 32.2 Å². The third kappa shape index (κ3) is 2.82. The summed E-state index contributed by atoms with van der Waals surface area (Å²) in [4.78, 5) is 16.6. The molecule has 1 aromatic carbocycles. The standard InChI is InChI=1S/C14H16BrFN2O/c15-12-4-1-10(9-13(12)16)14(19)18-7-5-17(6-8-18)11-2-3-11/h1,4,9,11H,2-3,5-8H2. The lowest BCUT2D eigenvalue weighted by molar-refractivity contribution is 0.0627. The van der Waals surface area contributed by atoms with Crippen molar-refractivity contribution in [1.29, 1.82) is 0 Å². The van der Waals surface area contributed by atoms with E-state index in [1.807, 2.05) is 4.90 Å². The molecule has 2 fully saturated rings. The van der Waals surface area contributed by atoms with Crippen LogP contribution in [0.2, 0.25) is 0 Å². The quantitative estimate of drug-likeness (QED) is 0.833. The van der Waals surface area contributed by atoms with Crippen LogP contribution in [0.4, 0.5) is 4.39 Å². The summed E-state index contributed by atoms with van der Waals surface area (Å²) >= 11 is 3.10. The van der Waals surface area contributed by atoms with Crippen LogP contribution >= 0.6 is 15.9 Å². The first kappa shape index (κ1) is 13.1. The van der Waals surface area contributed by atoms with Gasteiger partial charge in [-0.15, -0.1) is 0 Å². The van der Waals surface area contributed by atoms with Gasteiger partial charge in [0.1, 0.15) is 5.82 Å². The molecule has 3 nitrogen and oxygen atoms in total. The van der Waals surface area contributed by atoms with Gasteiger partial charge in [0.05, 0.1) is 4.47 Å². The molecule has 1 amide bonds. The van der Waals surface area contributed by atoms with Crippen LogP contribution in [0, 0.1) is 5.82 Å². The second-order valence-corrected chi connectivity index (χ2v) is 6.04. The van der Waals surface area contributed by atoms with Gasteiger partial charge in [-0.1, -0.05) is 0 Å². The molecule has 0 spiro atoms. The average molecular weight is 327 g/mol. The Morgan fingerprint density at radius 2 is 1.89 bits per heavy atom. The highest BCUT2D eigenvalue weighted by Crippen LogP contribution is 2.27. The molecule has 1 aromatic rings. The molecular formula is C14H16BrFN2O. The average Bonchev–Trinajstić information content (AvgIpc) is 3.26. The van der Waals surface area contributed by atoms with Crippen molar-refractivity contribution in [3.63, 3.8) is 0 Å². The molecule has 3 rings (SSSR count). The van der Waals surface area contributed by atoms with Crippen molar-refractivity contribution < 1.29 is 9.18 Å². The smallest absolute Gasteiger partial charge is 0.254 e. The number of benzene rings is 1. The van der Waals surface area contributed by atoms with Crippen LogP contribution < -0.4 is 0 Å². The SMILES string of the molecule is O=C(c1ccc(Br)c(F)c1)N1CCN(C2CC2)CC1. The first-order chi connectivity index (χ1) is 9.15. The summed E-state index contributed by atoms with van der Waals surface area (Å²) in [6.45, 7) is 3.37. The first-order valence-electron chi connectivity index (χ1n) is 6.63. The van der Waals surface area contributed by atoms with Crippen molar-refractivity contribution in [3.05, 3.63) is 34.1 Å². The minimum Gasteiger partial charge on any atom is -0.336 e. The highest BCUT2D eigenvalue weighted by atomic mass is 79.9. The van der Waals surface area contributed by atoms with E-state index in [0.29, 0.717) is 10.0 Å². The van der Waals surface area contributed by atoms with Crippen LogP contribution in [0.1, 0.15) is 23.2 Å². The molecule has 0 aromatic heterocycles. The maximum atomic E-state index is 13.5. The fourth-order valence-corrected chi connectivity index (χ4v) is 2.79. The van der Waals surface area contributed by atoms with Crippen LogP contribution in [0.25, 0.3) is 0 Å². The Bertz CT molecular complexity index is 496. The highest BCUT2D eigenvalue weighted by molar-refractivity contribution is 9.10. The Morgan fingerprint density at radius 1 is 1.21 bits per heavy atom. The van der Waals surface area contributed by atoms with Crippen molar-refractivity contribution in [2.45, 2.75) is 18.9 Å². The minimum absolute atomic E-state index is 0.0677. The molecule has 0 N–H and O–H groups in total. The maximum absolute atomic E-state index is 13.5. The van der Waals surface area contributed by atoms with Crippen molar-refractivity contribution in [2.75, 3.05) is 26.2 Å². The fourth-order valence-electron chi connectivity index (χ4n) is 2.54. The predicted molar refractivity (Wildman–Crippen MR) is 74.6 cm³/mol. The van der Waals surface area contributed by atoms with E-state index in [2.05, 4.69) is 20.8 Å². The van der Waals surface area contributed by atoms with Gasteiger partial charge < -0.3 is 4.90 Å².